The van der Waals surface area contributed by atoms with Crippen LogP contribution >= 0.6 is 0 Å². The van der Waals surface area contributed by atoms with Crippen LogP contribution in [0.5, 0.6) is 0 Å². The molecule has 0 heterocycles. The fourth-order valence-electron chi connectivity index (χ4n) is 4.43. The van der Waals surface area contributed by atoms with E-state index in [4.69, 9.17) is 14.6 Å². The molecule has 0 spiro atoms. The Labute approximate surface area is 241 Å². The highest BCUT2D eigenvalue weighted by Gasteiger charge is 2.31. The van der Waals surface area contributed by atoms with Gasteiger partial charge in [0.15, 0.2) is 0 Å². The van der Waals surface area contributed by atoms with Gasteiger partial charge in [-0.1, -0.05) is 75.8 Å². The fraction of sp³-hybridized carbons (Fsp3) is 0.545. The number of carbonyl (C=O) groups is 3. The van der Waals surface area contributed by atoms with Gasteiger partial charge in [0.1, 0.15) is 5.60 Å². The van der Waals surface area contributed by atoms with E-state index < -0.39 is 19.6 Å². The van der Waals surface area contributed by atoms with Gasteiger partial charge >= 0.3 is 17.9 Å². The number of unbranched alkanes of at least 4 members (excludes halogenated alkanes) is 1. The average Bonchev–Trinajstić information content (AvgIpc) is 2.86. The first-order valence-electron chi connectivity index (χ1n) is 14.5. The summed E-state index contributed by atoms with van der Waals surface area (Å²) in [5, 5.41) is 9.13. The first kappa shape index (κ1) is 33.3. The molecule has 0 unspecified atom stereocenters. The summed E-state index contributed by atoms with van der Waals surface area (Å²) >= 11 is 0. The molecule has 1 N–H and O–H groups in total. The number of rotatable bonds is 15. The van der Waals surface area contributed by atoms with Crippen LogP contribution < -0.4 is 0 Å². The van der Waals surface area contributed by atoms with Gasteiger partial charge in [0.25, 0.3) is 0 Å². The number of hydrogen-bond donors (Lipinski definition) is 1. The van der Waals surface area contributed by atoms with E-state index in [0.29, 0.717) is 32.3 Å². The van der Waals surface area contributed by atoms with Crippen LogP contribution in [-0.2, 0) is 25.5 Å². The summed E-state index contributed by atoms with van der Waals surface area (Å²) in [6, 6.07) is 15.8. The van der Waals surface area contributed by atoms with Crippen molar-refractivity contribution in [3.63, 3.8) is 0 Å². The van der Waals surface area contributed by atoms with Crippen molar-refractivity contribution in [3.05, 3.63) is 59.7 Å². The highest BCUT2D eigenvalue weighted by Crippen LogP contribution is 2.28. The van der Waals surface area contributed by atoms with Crippen LogP contribution in [-0.4, -0.2) is 43.3 Å². The molecule has 0 aromatic heterocycles. The molecule has 0 aliphatic heterocycles. The lowest BCUT2D eigenvalue weighted by molar-refractivity contribution is -0.162. The first-order chi connectivity index (χ1) is 18.7. The number of hydrogen-bond acceptors (Lipinski definition) is 5. The Morgan fingerprint density at radius 1 is 0.850 bits per heavy atom. The predicted molar refractivity (Wildman–Crippen MR) is 163 cm³/mol. The predicted octanol–water partition coefficient (Wildman–Crippen LogP) is 8.02. The number of carboxylic acid groups (broad SMARTS) is 1. The van der Waals surface area contributed by atoms with Crippen molar-refractivity contribution in [2.75, 3.05) is 6.61 Å². The number of ether oxygens (including phenoxy) is 2. The summed E-state index contributed by atoms with van der Waals surface area (Å²) in [4.78, 5) is 37.5. The molecule has 0 bridgehead atoms. The van der Waals surface area contributed by atoms with Crippen molar-refractivity contribution in [3.8, 4) is 11.1 Å². The van der Waals surface area contributed by atoms with E-state index in [1.54, 1.807) is 24.3 Å². The standard InChI is InChI=1S/C33H48O6Si/c1-8-9-10-28(32(37)39-33(2,3)4)23-29(31(36)38-21-22-40(5,6)7)16-13-24-11-14-25(15-12-24)26-17-19-27(20-18-26)30(34)35/h11-12,14-15,17-20,28-29H,8-10,13,16,21-23H2,1-7H3,(H,34,35)/t28-,29+/m1/s1. The summed E-state index contributed by atoms with van der Waals surface area (Å²) in [5.74, 6) is -2.14. The van der Waals surface area contributed by atoms with Crippen molar-refractivity contribution >= 4 is 26.0 Å². The van der Waals surface area contributed by atoms with E-state index in [1.165, 1.54) is 0 Å². The maximum atomic E-state index is 13.3. The smallest absolute Gasteiger partial charge is 0.335 e. The average molecular weight is 569 g/mol. The molecule has 7 heteroatoms. The number of aromatic carboxylic acids is 1. The summed E-state index contributed by atoms with van der Waals surface area (Å²) < 4.78 is 11.5. The third kappa shape index (κ3) is 12.1. The Balaban J connectivity index is 2.16. The lowest BCUT2D eigenvalue weighted by atomic mass is 9.86. The molecule has 6 nitrogen and oxygen atoms in total. The largest absolute Gasteiger partial charge is 0.478 e. The Morgan fingerprint density at radius 3 is 1.90 bits per heavy atom. The van der Waals surface area contributed by atoms with E-state index in [9.17, 15) is 14.4 Å². The molecule has 0 aliphatic rings. The van der Waals surface area contributed by atoms with E-state index >= 15 is 0 Å². The lowest BCUT2D eigenvalue weighted by Crippen LogP contribution is -2.32. The molecule has 2 aromatic rings. The molecule has 0 amide bonds. The molecule has 0 saturated heterocycles. The molecule has 0 saturated carbocycles. The van der Waals surface area contributed by atoms with Crippen LogP contribution in [0.3, 0.4) is 0 Å². The minimum absolute atomic E-state index is 0.224. The van der Waals surface area contributed by atoms with Gasteiger partial charge in [-0.05, 0) is 81.3 Å². The zero-order valence-corrected chi connectivity index (χ0v) is 26.4. The number of esters is 2. The van der Waals surface area contributed by atoms with Crippen molar-refractivity contribution in [2.45, 2.75) is 97.5 Å². The minimum atomic E-state index is -1.35. The lowest BCUT2D eigenvalue weighted by Gasteiger charge is -2.26. The van der Waals surface area contributed by atoms with E-state index in [1.807, 2.05) is 45.0 Å². The summed E-state index contributed by atoms with van der Waals surface area (Å²) in [5.41, 5.74) is 2.70. The Bertz CT molecular complexity index is 1090. The summed E-state index contributed by atoms with van der Waals surface area (Å²) in [6.45, 7) is 14.9. The maximum absolute atomic E-state index is 13.3. The van der Waals surface area contributed by atoms with E-state index in [-0.39, 0.29) is 29.3 Å². The Kier molecular flexibility index (Phi) is 12.6. The van der Waals surface area contributed by atoms with Crippen molar-refractivity contribution in [1.29, 1.82) is 0 Å². The monoisotopic (exact) mass is 568 g/mol. The van der Waals surface area contributed by atoms with Crippen molar-refractivity contribution in [2.24, 2.45) is 11.8 Å². The molecule has 2 rings (SSSR count). The normalized spacial score (nSPS) is 13.4. The van der Waals surface area contributed by atoms with Gasteiger partial charge in [-0.15, -0.1) is 0 Å². The van der Waals surface area contributed by atoms with E-state index in [0.717, 1.165) is 35.6 Å². The summed E-state index contributed by atoms with van der Waals surface area (Å²) in [7, 11) is -1.35. The van der Waals surface area contributed by atoms with Gasteiger partial charge in [0, 0.05) is 8.07 Å². The number of carbonyl (C=O) groups excluding carboxylic acids is 2. The van der Waals surface area contributed by atoms with Crippen LogP contribution in [0.25, 0.3) is 11.1 Å². The highest BCUT2D eigenvalue weighted by molar-refractivity contribution is 6.76. The van der Waals surface area contributed by atoms with Gasteiger partial charge in [0.05, 0.1) is 24.0 Å². The van der Waals surface area contributed by atoms with Gasteiger partial charge < -0.3 is 14.6 Å². The molecule has 0 aliphatic carbocycles. The second-order valence-corrected chi connectivity index (χ2v) is 18.5. The Morgan fingerprint density at radius 2 is 1.40 bits per heavy atom. The molecular weight excluding hydrogens is 520 g/mol. The second kappa shape index (κ2) is 15.2. The second-order valence-electron chi connectivity index (χ2n) is 12.9. The number of aryl methyl sites for hydroxylation is 1. The van der Waals surface area contributed by atoms with Crippen LogP contribution in [0.1, 0.15) is 75.7 Å². The van der Waals surface area contributed by atoms with Gasteiger partial charge in [-0.2, -0.15) is 0 Å². The molecule has 220 valence electrons. The summed E-state index contributed by atoms with van der Waals surface area (Å²) in [6.07, 6.45) is 4.26. The SMILES string of the molecule is CCCC[C@H](C[C@H](CCc1ccc(-c2ccc(C(=O)O)cc2)cc1)C(=O)OCC[Si](C)(C)C)C(=O)OC(C)(C)C. The van der Waals surface area contributed by atoms with Crippen LogP contribution in [0.4, 0.5) is 0 Å². The van der Waals surface area contributed by atoms with Gasteiger partial charge in [-0.3, -0.25) is 9.59 Å². The fourth-order valence-corrected chi connectivity index (χ4v) is 5.14. The molecular formula is C33H48O6Si. The highest BCUT2D eigenvalue weighted by atomic mass is 28.3. The molecule has 2 aromatic carbocycles. The Hall–Kier alpha value is -2.93. The quantitative estimate of drug-likeness (QED) is 0.173. The van der Waals surface area contributed by atoms with Gasteiger partial charge in [-0.25, -0.2) is 4.79 Å². The van der Waals surface area contributed by atoms with Crippen molar-refractivity contribution < 1.29 is 29.0 Å². The zero-order valence-electron chi connectivity index (χ0n) is 25.4. The maximum Gasteiger partial charge on any atom is 0.335 e. The molecule has 2 atom stereocenters. The van der Waals surface area contributed by atoms with Crippen LogP contribution in [0.2, 0.25) is 25.7 Å². The third-order valence-corrected chi connectivity index (χ3v) is 8.55. The minimum Gasteiger partial charge on any atom is -0.478 e. The topological polar surface area (TPSA) is 89.9 Å². The number of carboxylic acids is 1. The first-order valence-corrected chi connectivity index (χ1v) is 18.2. The number of benzene rings is 2. The zero-order chi connectivity index (χ0) is 29.9. The van der Waals surface area contributed by atoms with Crippen LogP contribution in [0, 0.1) is 11.8 Å². The molecule has 0 fully saturated rings. The third-order valence-electron chi connectivity index (χ3n) is 6.85. The molecule has 40 heavy (non-hydrogen) atoms. The van der Waals surface area contributed by atoms with Crippen LogP contribution in [0.15, 0.2) is 48.5 Å². The van der Waals surface area contributed by atoms with E-state index in [2.05, 4.69) is 26.6 Å². The van der Waals surface area contributed by atoms with Gasteiger partial charge in [0.2, 0.25) is 0 Å². The van der Waals surface area contributed by atoms with Crippen molar-refractivity contribution in [1.82, 2.24) is 0 Å². The molecule has 0 radical (unpaired) electrons.